The standard InChI is InChI=1S/C14H18N2O/c1-4-13-7-8-14(17-13)6-5-12-9-15-10-16(12)11(2)3/h4,7-11H,1,5-6H2,2-3H3. The number of furan rings is 1. The SMILES string of the molecule is C=Cc1ccc(CCc2cncn2C(C)C)o1. The Kier molecular flexibility index (Phi) is 3.47. The first-order valence-corrected chi connectivity index (χ1v) is 5.92. The summed E-state index contributed by atoms with van der Waals surface area (Å²) >= 11 is 0. The lowest BCUT2D eigenvalue weighted by Crippen LogP contribution is -2.05. The van der Waals surface area contributed by atoms with Crippen LogP contribution in [0, 0.1) is 0 Å². The number of rotatable bonds is 5. The predicted molar refractivity (Wildman–Crippen MR) is 68.8 cm³/mol. The van der Waals surface area contributed by atoms with Gasteiger partial charge in [0.2, 0.25) is 0 Å². The van der Waals surface area contributed by atoms with Gasteiger partial charge in [-0.15, -0.1) is 0 Å². The van der Waals surface area contributed by atoms with Gasteiger partial charge in [0.05, 0.1) is 6.33 Å². The molecule has 2 rings (SSSR count). The van der Waals surface area contributed by atoms with E-state index in [1.54, 1.807) is 6.08 Å². The highest BCUT2D eigenvalue weighted by molar-refractivity contribution is 5.39. The van der Waals surface area contributed by atoms with E-state index in [2.05, 4.69) is 30.0 Å². The van der Waals surface area contributed by atoms with E-state index in [4.69, 9.17) is 4.42 Å². The summed E-state index contributed by atoms with van der Waals surface area (Å²) in [7, 11) is 0. The number of nitrogens with zero attached hydrogens (tertiary/aromatic N) is 2. The van der Waals surface area contributed by atoms with E-state index in [-0.39, 0.29) is 0 Å². The van der Waals surface area contributed by atoms with Crippen LogP contribution in [0.15, 0.2) is 35.7 Å². The summed E-state index contributed by atoms with van der Waals surface area (Å²) in [6.45, 7) is 8.00. The zero-order valence-corrected chi connectivity index (χ0v) is 10.4. The van der Waals surface area contributed by atoms with Gasteiger partial charge in [-0.25, -0.2) is 4.98 Å². The summed E-state index contributed by atoms with van der Waals surface area (Å²) in [6.07, 6.45) is 7.38. The molecule has 0 amide bonds. The van der Waals surface area contributed by atoms with Gasteiger partial charge in [-0.1, -0.05) is 6.58 Å². The van der Waals surface area contributed by atoms with Crippen molar-refractivity contribution in [3.05, 3.63) is 48.5 Å². The highest BCUT2D eigenvalue weighted by atomic mass is 16.3. The van der Waals surface area contributed by atoms with E-state index in [9.17, 15) is 0 Å². The Morgan fingerprint density at radius 2 is 2.24 bits per heavy atom. The molecule has 0 unspecified atom stereocenters. The highest BCUT2D eigenvalue weighted by Crippen LogP contribution is 2.14. The lowest BCUT2D eigenvalue weighted by atomic mass is 10.2. The molecule has 0 aliphatic heterocycles. The van der Waals surface area contributed by atoms with E-state index in [1.165, 1.54) is 5.69 Å². The van der Waals surface area contributed by atoms with Crippen molar-refractivity contribution in [1.82, 2.24) is 9.55 Å². The third-order valence-corrected chi connectivity index (χ3v) is 2.81. The first kappa shape index (κ1) is 11.7. The van der Waals surface area contributed by atoms with Crippen molar-refractivity contribution < 1.29 is 4.42 Å². The van der Waals surface area contributed by atoms with Crippen molar-refractivity contribution in [2.24, 2.45) is 0 Å². The topological polar surface area (TPSA) is 31.0 Å². The Hall–Kier alpha value is -1.77. The second kappa shape index (κ2) is 5.04. The molecule has 2 heterocycles. The monoisotopic (exact) mass is 230 g/mol. The van der Waals surface area contributed by atoms with Crippen LogP contribution in [0.5, 0.6) is 0 Å². The second-order valence-corrected chi connectivity index (χ2v) is 4.39. The molecule has 0 aliphatic rings. The number of hydrogen-bond donors (Lipinski definition) is 0. The minimum absolute atomic E-state index is 0.452. The molecule has 0 saturated heterocycles. The zero-order chi connectivity index (χ0) is 12.3. The Bertz CT molecular complexity index is 494. The van der Waals surface area contributed by atoms with Crippen LogP contribution in [-0.2, 0) is 12.8 Å². The molecule has 0 bridgehead atoms. The molecule has 0 atom stereocenters. The fraction of sp³-hybridized carbons (Fsp3) is 0.357. The van der Waals surface area contributed by atoms with Crippen LogP contribution >= 0.6 is 0 Å². The van der Waals surface area contributed by atoms with Crippen molar-refractivity contribution >= 4 is 6.08 Å². The van der Waals surface area contributed by atoms with Crippen LogP contribution in [-0.4, -0.2) is 9.55 Å². The van der Waals surface area contributed by atoms with E-state index in [1.807, 2.05) is 24.7 Å². The normalized spacial score (nSPS) is 11.0. The number of aromatic nitrogens is 2. The molecule has 0 N–H and O–H groups in total. The maximum Gasteiger partial charge on any atom is 0.126 e. The van der Waals surface area contributed by atoms with Gasteiger partial charge in [0.25, 0.3) is 0 Å². The third-order valence-electron chi connectivity index (χ3n) is 2.81. The predicted octanol–water partition coefficient (Wildman–Crippen LogP) is 3.49. The number of hydrogen-bond acceptors (Lipinski definition) is 2. The van der Waals surface area contributed by atoms with Crippen molar-refractivity contribution in [3.63, 3.8) is 0 Å². The van der Waals surface area contributed by atoms with E-state index < -0.39 is 0 Å². The Morgan fingerprint density at radius 3 is 2.88 bits per heavy atom. The second-order valence-electron chi connectivity index (χ2n) is 4.39. The molecule has 0 fully saturated rings. The summed E-state index contributed by atoms with van der Waals surface area (Å²) in [4.78, 5) is 4.19. The third kappa shape index (κ3) is 2.67. The molecule has 3 heteroatoms. The molecule has 3 nitrogen and oxygen atoms in total. The molecule has 0 saturated carbocycles. The van der Waals surface area contributed by atoms with Gasteiger partial charge in [0.1, 0.15) is 11.5 Å². The fourth-order valence-electron chi connectivity index (χ4n) is 1.88. The van der Waals surface area contributed by atoms with Crippen molar-refractivity contribution in [1.29, 1.82) is 0 Å². The van der Waals surface area contributed by atoms with Gasteiger partial charge in [-0.05, 0) is 38.5 Å². The Balaban J connectivity index is 2.02. The largest absolute Gasteiger partial charge is 0.462 e. The molecule has 17 heavy (non-hydrogen) atoms. The molecule has 2 aromatic rings. The highest BCUT2D eigenvalue weighted by Gasteiger charge is 2.07. The lowest BCUT2D eigenvalue weighted by Gasteiger charge is -2.10. The van der Waals surface area contributed by atoms with Gasteiger partial charge < -0.3 is 8.98 Å². The molecule has 0 aliphatic carbocycles. The Morgan fingerprint density at radius 1 is 1.41 bits per heavy atom. The van der Waals surface area contributed by atoms with E-state index >= 15 is 0 Å². The molecule has 0 radical (unpaired) electrons. The van der Waals surface area contributed by atoms with Crippen LogP contribution in [0.1, 0.15) is 37.1 Å². The molecular weight excluding hydrogens is 212 g/mol. The molecular formula is C14H18N2O. The van der Waals surface area contributed by atoms with Crippen molar-refractivity contribution in [3.8, 4) is 0 Å². The first-order chi connectivity index (χ1) is 8.20. The first-order valence-electron chi connectivity index (χ1n) is 5.92. The van der Waals surface area contributed by atoms with E-state index in [0.717, 1.165) is 24.4 Å². The maximum atomic E-state index is 5.58. The van der Waals surface area contributed by atoms with Crippen LogP contribution in [0.25, 0.3) is 6.08 Å². The molecule has 2 aromatic heterocycles. The summed E-state index contributed by atoms with van der Waals surface area (Å²) in [5, 5.41) is 0. The number of imidazole rings is 1. The quantitative estimate of drug-likeness (QED) is 0.787. The fourth-order valence-corrected chi connectivity index (χ4v) is 1.88. The lowest BCUT2D eigenvalue weighted by molar-refractivity contribution is 0.493. The van der Waals surface area contributed by atoms with Crippen molar-refractivity contribution in [2.75, 3.05) is 0 Å². The number of aryl methyl sites for hydroxylation is 2. The van der Waals surface area contributed by atoms with Crippen molar-refractivity contribution in [2.45, 2.75) is 32.7 Å². The van der Waals surface area contributed by atoms with Crippen LogP contribution in [0.2, 0.25) is 0 Å². The zero-order valence-electron chi connectivity index (χ0n) is 10.4. The molecule has 0 aromatic carbocycles. The Labute approximate surface area is 102 Å². The summed E-state index contributed by atoms with van der Waals surface area (Å²) < 4.78 is 7.78. The van der Waals surface area contributed by atoms with Crippen LogP contribution in [0.3, 0.4) is 0 Å². The summed E-state index contributed by atoms with van der Waals surface area (Å²) in [5.41, 5.74) is 1.25. The molecule has 90 valence electrons. The van der Waals surface area contributed by atoms with E-state index in [0.29, 0.717) is 6.04 Å². The van der Waals surface area contributed by atoms with Gasteiger partial charge in [0, 0.05) is 24.4 Å². The minimum Gasteiger partial charge on any atom is -0.462 e. The van der Waals surface area contributed by atoms with Gasteiger partial charge in [-0.3, -0.25) is 0 Å². The maximum absolute atomic E-state index is 5.58. The average Bonchev–Trinajstić information content (AvgIpc) is 2.95. The summed E-state index contributed by atoms with van der Waals surface area (Å²) in [5.74, 6) is 1.83. The van der Waals surface area contributed by atoms with Crippen LogP contribution in [0.4, 0.5) is 0 Å². The van der Waals surface area contributed by atoms with Gasteiger partial charge in [0.15, 0.2) is 0 Å². The summed E-state index contributed by atoms with van der Waals surface area (Å²) in [6, 6.07) is 4.41. The average molecular weight is 230 g/mol. The van der Waals surface area contributed by atoms with Gasteiger partial charge >= 0.3 is 0 Å². The van der Waals surface area contributed by atoms with Gasteiger partial charge in [-0.2, -0.15) is 0 Å². The minimum atomic E-state index is 0.452. The molecule has 0 spiro atoms. The smallest absolute Gasteiger partial charge is 0.126 e. The van der Waals surface area contributed by atoms with Crippen LogP contribution < -0.4 is 0 Å².